The SMILES string of the molecule is COC(=O)CC[C@@H](Cc1ccccc1)NC(=O)OCc1ccccc1. The molecule has 0 aromatic heterocycles. The monoisotopic (exact) mass is 341 g/mol. The van der Waals surface area contributed by atoms with Gasteiger partial charge < -0.3 is 14.8 Å². The zero-order chi connectivity index (χ0) is 17.9. The van der Waals surface area contributed by atoms with Crippen LogP contribution in [0, 0.1) is 0 Å². The molecular formula is C20H23NO4. The second-order valence-corrected chi connectivity index (χ2v) is 5.71. The van der Waals surface area contributed by atoms with Gasteiger partial charge in [-0.05, 0) is 24.0 Å². The third kappa shape index (κ3) is 7.08. The zero-order valence-corrected chi connectivity index (χ0v) is 14.3. The van der Waals surface area contributed by atoms with E-state index >= 15 is 0 Å². The largest absolute Gasteiger partial charge is 0.469 e. The topological polar surface area (TPSA) is 64.6 Å². The van der Waals surface area contributed by atoms with E-state index in [9.17, 15) is 9.59 Å². The summed E-state index contributed by atoms with van der Waals surface area (Å²) in [5.41, 5.74) is 2.01. The Balaban J connectivity index is 1.89. The Morgan fingerprint density at radius 3 is 2.16 bits per heavy atom. The number of alkyl carbamates (subject to hydrolysis) is 1. The molecule has 0 fully saturated rings. The van der Waals surface area contributed by atoms with E-state index in [1.165, 1.54) is 7.11 Å². The molecule has 0 heterocycles. The van der Waals surface area contributed by atoms with Crippen molar-refractivity contribution in [3.05, 3.63) is 71.8 Å². The third-order valence-electron chi connectivity index (χ3n) is 3.78. The fraction of sp³-hybridized carbons (Fsp3) is 0.300. The van der Waals surface area contributed by atoms with Crippen LogP contribution in [-0.2, 0) is 27.3 Å². The molecule has 0 spiro atoms. The van der Waals surface area contributed by atoms with Crippen LogP contribution in [0.2, 0.25) is 0 Å². The number of carbonyl (C=O) groups is 2. The summed E-state index contributed by atoms with van der Waals surface area (Å²) in [6.45, 7) is 0.210. The summed E-state index contributed by atoms with van der Waals surface area (Å²) in [5, 5.41) is 2.85. The zero-order valence-electron chi connectivity index (χ0n) is 14.3. The molecule has 0 aliphatic rings. The average Bonchev–Trinajstić information content (AvgIpc) is 2.66. The molecule has 5 heteroatoms. The van der Waals surface area contributed by atoms with Crippen molar-refractivity contribution in [1.29, 1.82) is 0 Å². The first-order chi connectivity index (χ1) is 12.2. The highest BCUT2D eigenvalue weighted by atomic mass is 16.5. The first-order valence-electron chi connectivity index (χ1n) is 8.25. The number of esters is 1. The maximum absolute atomic E-state index is 12.1. The molecule has 5 nitrogen and oxygen atoms in total. The van der Waals surface area contributed by atoms with Crippen LogP contribution >= 0.6 is 0 Å². The Bertz CT molecular complexity index is 658. The van der Waals surface area contributed by atoms with Gasteiger partial charge in [0.05, 0.1) is 7.11 Å². The Hall–Kier alpha value is -2.82. The molecule has 0 saturated heterocycles. The van der Waals surface area contributed by atoms with Crippen LogP contribution in [0.15, 0.2) is 60.7 Å². The van der Waals surface area contributed by atoms with Gasteiger partial charge in [-0.1, -0.05) is 60.7 Å². The second kappa shape index (κ2) is 10.1. The van der Waals surface area contributed by atoms with E-state index in [1.54, 1.807) is 0 Å². The summed E-state index contributed by atoms with van der Waals surface area (Å²) in [4.78, 5) is 23.5. The highest BCUT2D eigenvalue weighted by Crippen LogP contribution is 2.09. The van der Waals surface area contributed by atoms with Gasteiger partial charge in [0.2, 0.25) is 0 Å². The summed E-state index contributed by atoms with van der Waals surface area (Å²) >= 11 is 0. The lowest BCUT2D eigenvalue weighted by Crippen LogP contribution is -2.37. The quantitative estimate of drug-likeness (QED) is 0.747. The van der Waals surface area contributed by atoms with E-state index in [4.69, 9.17) is 4.74 Å². The normalized spacial score (nSPS) is 11.4. The number of amides is 1. The third-order valence-corrected chi connectivity index (χ3v) is 3.78. The maximum atomic E-state index is 12.1. The van der Waals surface area contributed by atoms with Crippen LogP contribution < -0.4 is 5.32 Å². The first-order valence-corrected chi connectivity index (χ1v) is 8.25. The Morgan fingerprint density at radius 1 is 0.960 bits per heavy atom. The van der Waals surface area contributed by atoms with Crippen molar-refractivity contribution in [1.82, 2.24) is 5.32 Å². The molecule has 1 amide bonds. The molecule has 25 heavy (non-hydrogen) atoms. The molecule has 0 aliphatic heterocycles. The van der Waals surface area contributed by atoms with Gasteiger partial charge in [-0.2, -0.15) is 0 Å². The lowest BCUT2D eigenvalue weighted by molar-refractivity contribution is -0.140. The standard InChI is InChI=1S/C20H23NO4/c1-24-19(22)13-12-18(14-16-8-4-2-5-9-16)21-20(23)25-15-17-10-6-3-7-11-17/h2-11,18H,12-15H2,1H3,(H,21,23)/t18-/m0/s1. The molecule has 2 aromatic rings. The minimum atomic E-state index is -0.491. The number of rotatable bonds is 8. The van der Waals surface area contributed by atoms with Crippen molar-refractivity contribution in [2.75, 3.05) is 7.11 Å². The summed E-state index contributed by atoms with van der Waals surface area (Å²) < 4.78 is 9.94. The molecular weight excluding hydrogens is 318 g/mol. The number of benzene rings is 2. The fourth-order valence-electron chi connectivity index (χ4n) is 2.45. The van der Waals surface area contributed by atoms with Gasteiger partial charge in [-0.25, -0.2) is 4.79 Å². The highest BCUT2D eigenvalue weighted by Gasteiger charge is 2.16. The average molecular weight is 341 g/mol. The van der Waals surface area contributed by atoms with E-state index < -0.39 is 6.09 Å². The van der Waals surface area contributed by atoms with Crippen LogP contribution in [-0.4, -0.2) is 25.2 Å². The van der Waals surface area contributed by atoms with Gasteiger partial charge in [0.15, 0.2) is 0 Å². The van der Waals surface area contributed by atoms with Crippen LogP contribution in [0.5, 0.6) is 0 Å². The Morgan fingerprint density at radius 2 is 1.56 bits per heavy atom. The lowest BCUT2D eigenvalue weighted by atomic mass is 10.0. The van der Waals surface area contributed by atoms with Crippen LogP contribution in [0.25, 0.3) is 0 Å². The van der Waals surface area contributed by atoms with Crippen molar-refractivity contribution in [3.8, 4) is 0 Å². The predicted octanol–water partition coefficient (Wildman–Crippen LogP) is 3.48. The van der Waals surface area contributed by atoms with Gasteiger partial charge >= 0.3 is 12.1 Å². The molecule has 1 N–H and O–H groups in total. The van der Waals surface area contributed by atoms with Crippen LogP contribution in [0.4, 0.5) is 4.79 Å². The van der Waals surface area contributed by atoms with Gasteiger partial charge in [0.25, 0.3) is 0 Å². The molecule has 1 atom stereocenters. The van der Waals surface area contributed by atoms with E-state index in [1.807, 2.05) is 60.7 Å². The fourth-order valence-corrected chi connectivity index (χ4v) is 2.45. The van der Waals surface area contributed by atoms with Crippen molar-refractivity contribution in [3.63, 3.8) is 0 Å². The number of hydrogen-bond donors (Lipinski definition) is 1. The van der Waals surface area contributed by atoms with E-state index in [2.05, 4.69) is 10.1 Å². The summed E-state index contributed by atoms with van der Waals surface area (Å²) in [6.07, 6.45) is 0.863. The first kappa shape index (κ1) is 18.5. The molecule has 132 valence electrons. The number of methoxy groups -OCH3 is 1. The minimum Gasteiger partial charge on any atom is -0.469 e. The Kier molecular flexibility index (Phi) is 7.50. The summed E-state index contributed by atoms with van der Waals surface area (Å²) in [7, 11) is 1.36. The molecule has 0 aliphatic carbocycles. The minimum absolute atomic E-state index is 0.204. The van der Waals surface area contributed by atoms with Crippen LogP contribution in [0.3, 0.4) is 0 Å². The van der Waals surface area contributed by atoms with Crippen molar-refractivity contribution >= 4 is 12.1 Å². The number of ether oxygens (including phenoxy) is 2. The van der Waals surface area contributed by atoms with E-state index in [0.717, 1.165) is 11.1 Å². The lowest BCUT2D eigenvalue weighted by Gasteiger charge is -2.18. The van der Waals surface area contributed by atoms with Crippen molar-refractivity contribution in [2.45, 2.75) is 31.9 Å². The molecule has 2 aromatic carbocycles. The van der Waals surface area contributed by atoms with E-state index in [0.29, 0.717) is 12.8 Å². The van der Waals surface area contributed by atoms with Gasteiger partial charge in [-0.15, -0.1) is 0 Å². The van der Waals surface area contributed by atoms with Gasteiger partial charge in [0.1, 0.15) is 6.61 Å². The summed E-state index contributed by atoms with van der Waals surface area (Å²) in [6, 6.07) is 19.1. The molecule has 0 bridgehead atoms. The van der Waals surface area contributed by atoms with E-state index in [-0.39, 0.29) is 25.0 Å². The number of hydrogen-bond acceptors (Lipinski definition) is 4. The van der Waals surface area contributed by atoms with Crippen LogP contribution in [0.1, 0.15) is 24.0 Å². The molecule has 0 unspecified atom stereocenters. The number of nitrogens with one attached hydrogen (secondary N) is 1. The van der Waals surface area contributed by atoms with Crippen molar-refractivity contribution < 1.29 is 19.1 Å². The smallest absolute Gasteiger partial charge is 0.407 e. The highest BCUT2D eigenvalue weighted by molar-refractivity contribution is 5.70. The molecule has 2 rings (SSSR count). The second-order valence-electron chi connectivity index (χ2n) is 5.71. The van der Waals surface area contributed by atoms with Crippen molar-refractivity contribution in [2.24, 2.45) is 0 Å². The molecule has 0 saturated carbocycles. The predicted molar refractivity (Wildman–Crippen MR) is 94.9 cm³/mol. The number of carbonyl (C=O) groups excluding carboxylic acids is 2. The van der Waals surface area contributed by atoms with Gasteiger partial charge in [-0.3, -0.25) is 4.79 Å². The Labute approximate surface area is 148 Å². The van der Waals surface area contributed by atoms with Gasteiger partial charge in [0, 0.05) is 12.5 Å². The maximum Gasteiger partial charge on any atom is 0.407 e. The molecule has 0 radical (unpaired) electrons. The summed E-state index contributed by atoms with van der Waals surface area (Å²) in [5.74, 6) is -0.294.